The Morgan fingerprint density at radius 2 is 1.61 bits per heavy atom. The van der Waals surface area contributed by atoms with Crippen LogP contribution in [-0.2, 0) is 5.54 Å². The highest BCUT2D eigenvalue weighted by Crippen LogP contribution is 2.47. The van der Waals surface area contributed by atoms with Gasteiger partial charge in [0, 0.05) is 17.7 Å². The fourth-order valence-corrected chi connectivity index (χ4v) is 3.56. The third kappa shape index (κ3) is 2.64. The number of non-ortho nitro benzene ring substituents is 1. The van der Waals surface area contributed by atoms with Gasteiger partial charge in [0.1, 0.15) is 5.54 Å². The van der Waals surface area contributed by atoms with Gasteiger partial charge in [0.05, 0.1) is 27.3 Å². The molecule has 7 nitrogen and oxygen atoms in total. The minimum absolute atomic E-state index is 0.0670. The van der Waals surface area contributed by atoms with Crippen LogP contribution in [0.2, 0.25) is 0 Å². The molecule has 1 aliphatic heterocycles. The summed E-state index contributed by atoms with van der Waals surface area (Å²) in [5, 5.41) is 15.9. The molecule has 0 N–H and O–H groups in total. The van der Waals surface area contributed by atoms with E-state index >= 15 is 0 Å². The van der Waals surface area contributed by atoms with Crippen LogP contribution < -0.4 is 5.01 Å². The zero-order valence-electron chi connectivity index (χ0n) is 15.0. The number of benzene rings is 3. The number of nitro benzene ring substituents is 1. The van der Waals surface area contributed by atoms with E-state index in [1.54, 1.807) is 6.07 Å². The van der Waals surface area contributed by atoms with E-state index in [-0.39, 0.29) is 5.69 Å². The van der Waals surface area contributed by atoms with Crippen LogP contribution in [0.25, 0.3) is 0 Å². The summed E-state index contributed by atoms with van der Waals surface area (Å²) < 4.78 is 0. The molecule has 0 saturated carbocycles. The number of rotatable bonds is 4. The van der Waals surface area contributed by atoms with Gasteiger partial charge in [-0.2, -0.15) is 0 Å². The molecular formula is C21H16N4O3. The Bertz CT molecular complexity index is 1080. The molecule has 3 aromatic rings. The number of fused-ring (bicyclic) bond motifs is 1. The molecule has 0 bridgehead atoms. The number of anilines is 1. The van der Waals surface area contributed by atoms with Crippen LogP contribution in [0.3, 0.4) is 0 Å². The van der Waals surface area contributed by atoms with Crippen molar-refractivity contribution in [3.8, 4) is 0 Å². The van der Waals surface area contributed by atoms with Gasteiger partial charge in [-0.15, -0.1) is 4.91 Å². The number of nitro groups is 1. The lowest BCUT2D eigenvalue weighted by molar-refractivity contribution is -0.384. The molecule has 4 rings (SSSR count). The van der Waals surface area contributed by atoms with Gasteiger partial charge in [0.15, 0.2) is 0 Å². The second-order valence-electron chi connectivity index (χ2n) is 6.59. The predicted molar refractivity (Wildman–Crippen MR) is 108 cm³/mol. The Kier molecular flexibility index (Phi) is 4.19. The van der Waals surface area contributed by atoms with E-state index in [1.807, 2.05) is 67.6 Å². The first-order chi connectivity index (χ1) is 13.6. The van der Waals surface area contributed by atoms with Crippen LogP contribution in [0.1, 0.15) is 18.1 Å². The lowest BCUT2D eigenvalue weighted by atomic mass is 9.86. The number of nitroso groups, excluding NO2 is 1. The quantitative estimate of drug-likeness (QED) is 0.361. The molecule has 1 unspecified atom stereocenters. The van der Waals surface area contributed by atoms with Gasteiger partial charge in [0.25, 0.3) is 5.69 Å². The molecule has 1 heterocycles. The Labute approximate surface area is 161 Å². The molecule has 0 amide bonds. The fraction of sp³-hybridized carbons (Fsp3) is 0.0952. The maximum Gasteiger partial charge on any atom is 0.270 e. The molecule has 0 aromatic heterocycles. The molecule has 0 fully saturated rings. The number of hydrogen-bond acceptors (Lipinski definition) is 5. The van der Waals surface area contributed by atoms with E-state index in [1.165, 1.54) is 17.1 Å². The van der Waals surface area contributed by atoms with Crippen molar-refractivity contribution >= 4 is 22.8 Å². The first-order valence-electron chi connectivity index (χ1n) is 8.68. The summed E-state index contributed by atoms with van der Waals surface area (Å²) >= 11 is 0. The smallest absolute Gasteiger partial charge is 0.258 e. The van der Waals surface area contributed by atoms with Gasteiger partial charge in [-0.3, -0.25) is 10.1 Å². The van der Waals surface area contributed by atoms with Crippen molar-refractivity contribution in [3.63, 3.8) is 0 Å². The molecule has 0 radical (unpaired) electrons. The molecule has 7 heteroatoms. The average Bonchev–Trinajstić information content (AvgIpc) is 2.97. The topological polar surface area (TPSA) is 88.2 Å². The van der Waals surface area contributed by atoms with Crippen molar-refractivity contribution in [2.75, 3.05) is 5.01 Å². The van der Waals surface area contributed by atoms with Crippen LogP contribution >= 0.6 is 0 Å². The SMILES string of the molecule is CC1(c2ccccc2)C(=Nc2ccccc2)c2cc([N+](=O)[O-])ccc2N1N=O. The molecule has 3 aromatic carbocycles. The third-order valence-corrected chi connectivity index (χ3v) is 4.97. The predicted octanol–water partition coefficient (Wildman–Crippen LogP) is 5.13. The van der Waals surface area contributed by atoms with Crippen LogP contribution in [0.4, 0.5) is 17.1 Å². The second-order valence-corrected chi connectivity index (χ2v) is 6.59. The standard InChI is InChI=1S/C21H16N4O3/c1-21(15-8-4-2-5-9-15)20(22-16-10-6-3-7-11-16)18-14-17(25(27)28)12-13-19(18)24(21)23-26/h2-14H,1H3. The van der Waals surface area contributed by atoms with E-state index in [0.717, 1.165) is 5.56 Å². The summed E-state index contributed by atoms with van der Waals surface area (Å²) in [6.07, 6.45) is 0. The van der Waals surface area contributed by atoms with Crippen molar-refractivity contribution in [1.29, 1.82) is 0 Å². The summed E-state index contributed by atoms with van der Waals surface area (Å²) in [5.41, 5.74) is 1.96. The summed E-state index contributed by atoms with van der Waals surface area (Å²) in [6.45, 7) is 1.84. The Morgan fingerprint density at radius 1 is 0.964 bits per heavy atom. The van der Waals surface area contributed by atoms with E-state index in [9.17, 15) is 15.0 Å². The van der Waals surface area contributed by atoms with Gasteiger partial charge in [-0.25, -0.2) is 10.0 Å². The monoisotopic (exact) mass is 372 g/mol. The summed E-state index contributed by atoms with van der Waals surface area (Å²) in [6, 6.07) is 23.0. The molecule has 1 atom stereocenters. The third-order valence-electron chi connectivity index (χ3n) is 4.97. The van der Waals surface area contributed by atoms with E-state index in [0.29, 0.717) is 22.6 Å². The maximum atomic E-state index is 11.9. The highest BCUT2D eigenvalue weighted by Gasteiger charge is 2.49. The number of para-hydroxylation sites is 1. The van der Waals surface area contributed by atoms with Crippen molar-refractivity contribution < 1.29 is 4.92 Å². The van der Waals surface area contributed by atoms with Gasteiger partial charge in [0.2, 0.25) is 0 Å². The van der Waals surface area contributed by atoms with E-state index in [4.69, 9.17) is 4.99 Å². The second kappa shape index (κ2) is 6.70. The highest BCUT2D eigenvalue weighted by atomic mass is 16.6. The van der Waals surface area contributed by atoms with Gasteiger partial charge >= 0.3 is 0 Å². The highest BCUT2D eigenvalue weighted by molar-refractivity contribution is 6.18. The lowest BCUT2D eigenvalue weighted by Crippen LogP contribution is -2.42. The Morgan fingerprint density at radius 3 is 2.21 bits per heavy atom. The number of nitrogens with zero attached hydrogens (tertiary/aromatic N) is 4. The zero-order chi connectivity index (χ0) is 19.7. The average molecular weight is 372 g/mol. The van der Waals surface area contributed by atoms with Crippen molar-refractivity contribution in [3.05, 3.63) is 105 Å². The fourth-order valence-electron chi connectivity index (χ4n) is 3.56. The maximum absolute atomic E-state index is 11.9. The Balaban J connectivity index is 2.03. The Hall–Kier alpha value is -3.87. The van der Waals surface area contributed by atoms with E-state index in [2.05, 4.69) is 5.29 Å². The van der Waals surface area contributed by atoms with Crippen LogP contribution in [0, 0.1) is 15.0 Å². The van der Waals surface area contributed by atoms with Crippen molar-refractivity contribution in [2.45, 2.75) is 12.5 Å². The van der Waals surface area contributed by atoms with Crippen LogP contribution in [-0.4, -0.2) is 10.6 Å². The summed E-state index contributed by atoms with van der Waals surface area (Å²) in [5.74, 6) is 0. The van der Waals surface area contributed by atoms with Gasteiger partial charge in [-0.1, -0.05) is 48.5 Å². The number of hydrogen-bond donors (Lipinski definition) is 0. The molecule has 0 spiro atoms. The molecule has 28 heavy (non-hydrogen) atoms. The zero-order valence-corrected chi connectivity index (χ0v) is 15.0. The number of aliphatic imine (C=N–C) groups is 1. The lowest BCUT2D eigenvalue weighted by Gasteiger charge is -2.31. The first kappa shape index (κ1) is 17.5. The van der Waals surface area contributed by atoms with Crippen LogP contribution in [0.5, 0.6) is 0 Å². The summed E-state index contributed by atoms with van der Waals surface area (Å²) in [4.78, 5) is 27.5. The molecule has 1 aliphatic rings. The molecule has 0 aliphatic carbocycles. The van der Waals surface area contributed by atoms with E-state index < -0.39 is 10.5 Å². The van der Waals surface area contributed by atoms with Gasteiger partial charge < -0.3 is 0 Å². The molecule has 0 saturated heterocycles. The minimum Gasteiger partial charge on any atom is -0.258 e. The first-order valence-corrected chi connectivity index (χ1v) is 8.68. The largest absolute Gasteiger partial charge is 0.270 e. The minimum atomic E-state index is -1.00. The van der Waals surface area contributed by atoms with Crippen molar-refractivity contribution in [2.24, 2.45) is 10.3 Å². The summed E-state index contributed by atoms with van der Waals surface area (Å²) in [7, 11) is 0. The van der Waals surface area contributed by atoms with Gasteiger partial charge in [-0.05, 0) is 30.7 Å². The van der Waals surface area contributed by atoms with Crippen LogP contribution in [0.15, 0.2) is 89.1 Å². The molecular weight excluding hydrogens is 356 g/mol. The molecule has 138 valence electrons. The van der Waals surface area contributed by atoms with Crippen molar-refractivity contribution in [1.82, 2.24) is 0 Å². The normalized spacial score (nSPS) is 19.5.